The van der Waals surface area contributed by atoms with Crippen molar-refractivity contribution in [3.63, 3.8) is 0 Å². The normalized spacial score (nSPS) is 14.0. The van der Waals surface area contributed by atoms with E-state index in [-0.39, 0.29) is 4.90 Å². The molecule has 1 atom stereocenters. The lowest BCUT2D eigenvalue weighted by molar-refractivity contribution is -0.137. The molecule has 0 amide bonds. The van der Waals surface area contributed by atoms with Crippen LogP contribution >= 0.6 is 0 Å². The molecule has 0 unspecified atom stereocenters. The van der Waals surface area contributed by atoms with E-state index in [1.807, 2.05) is 0 Å². The number of hydrogen-bond acceptors (Lipinski definition) is 4. The molecule has 0 bridgehead atoms. The van der Waals surface area contributed by atoms with Crippen molar-refractivity contribution in [1.29, 1.82) is 0 Å². The van der Waals surface area contributed by atoms with Gasteiger partial charge in [-0.1, -0.05) is 0 Å². The van der Waals surface area contributed by atoms with E-state index in [2.05, 4.69) is 14.9 Å². The van der Waals surface area contributed by atoms with Crippen molar-refractivity contribution >= 4 is 10.0 Å². The van der Waals surface area contributed by atoms with Crippen molar-refractivity contribution in [3.8, 4) is 0 Å². The van der Waals surface area contributed by atoms with Crippen molar-refractivity contribution in [2.24, 2.45) is 7.05 Å². The first kappa shape index (κ1) is 16.4. The molecule has 22 heavy (non-hydrogen) atoms. The summed E-state index contributed by atoms with van der Waals surface area (Å²) in [6.45, 7) is 1.56. The lowest BCUT2D eigenvalue weighted by Gasteiger charge is -2.14. The molecule has 2 rings (SSSR count). The van der Waals surface area contributed by atoms with Gasteiger partial charge in [-0.05, 0) is 31.2 Å². The Bertz CT molecular complexity index is 753. The Balaban J connectivity index is 2.22. The Morgan fingerprint density at radius 3 is 2.27 bits per heavy atom. The van der Waals surface area contributed by atoms with Gasteiger partial charge in [0.15, 0.2) is 0 Å². The molecule has 0 radical (unpaired) electrons. The number of sulfonamides is 1. The van der Waals surface area contributed by atoms with Gasteiger partial charge in [0.05, 0.1) is 16.5 Å². The molecule has 1 aromatic heterocycles. The van der Waals surface area contributed by atoms with Gasteiger partial charge in [-0.3, -0.25) is 0 Å². The Kier molecular flexibility index (Phi) is 4.25. The molecule has 0 saturated carbocycles. The van der Waals surface area contributed by atoms with Crippen LogP contribution in [0, 0.1) is 0 Å². The summed E-state index contributed by atoms with van der Waals surface area (Å²) in [6.07, 6.45) is -3.10. The van der Waals surface area contributed by atoms with E-state index in [1.54, 1.807) is 18.5 Å². The second-order valence-electron chi connectivity index (χ2n) is 4.67. The van der Waals surface area contributed by atoms with Crippen LogP contribution in [0.4, 0.5) is 13.2 Å². The minimum atomic E-state index is -4.51. The minimum Gasteiger partial charge on any atom is -0.319 e. The van der Waals surface area contributed by atoms with E-state index in [9.17, 15) is 21.6 Å². The molecule has 1 aromatic carbocycles. The van der Waals surface area contributed by atoms with Gasteiger partial charge >= 0.3 is 6.18 Å². The van der Waals surface area contributed by atoms with Gasteiger partial charge in [0.1, 0.15) is 12.2 Å². The summed E-state index contributed by atoms with van der Waals surface area (Å²) in [6, 6.07) is 2.59. The topological polar surface area (TPSA) is 76.9 Å². The zero-order valence-electron chi connectivity index (χ0n) is 11.7. The highest BCUT2D eigenvalue weighted by atomic mass is 32.2. The first-order valence-corrected chi connectivity index (χ1v) is 7.63. The van der Waals surface area contributed by atoms with Crippen molar-refractivity contribution in [2.45, 2.75) is 24.0 Å². The molecule has 10 heteroatoms. The van der Waals surface area contributed by atoms with Crippen LogP contribution in [0.5, 0.6) is 0 Å². The maximum absolute atomic E-state index is 12.5. The third-order valence-corrected chi connectivity index (χ3v) is 4.51. The van der Waals surface area contributed by atoms with Crippen molar-refractivity contribution in [2.75, 3.05) is 0 Å². The minimum absolute atomic E-state index is 0.255. The van der Waals surface area contributed by atoms with Crippen molar-refractivity contribution < 1.29 is 21.6 Å². The van der Waals surface area contributed by atoms with E-state index in [0.717, 1.165) is 24.3 Å². The van der Waals surface area contributed by atoms with Crippen LogP contribution in [-0.4, -0.2) is 23.2 Å². The van der Waals surface area contributed by atoms with Crippen LogP contribution in [0.2, 0.25) is 0 Å². The Hall–Kier alpha value is -1.94. The molecule has 0 aliphatic carbocycles. The molecule has 0 fully saturated rings. The van der Waals surface area contributed by atoms with Crippen molar-refractivity contribution in [3.05, 3.63) is 42.0 Å². The first-order valence-electron chi connectivity index (χ1n) is 6.15. The highest BCUT2D eigenvalue weighted by Gasteiger charge is 2.31. The van der Waals surface area contributed by atoms with Crippen molar-refractivity contribution in [1.82, 2.24) is 19.5 Å². The summed E-state index contributed by atoms with van der Waals surface area (Å²) >= 11 is 0. The standard InChI is InChI=1S/C12H13F3N4O2S/c1-8(11-17-16-7-19(11)2)18-22(20,21)10-5-3-9(4-6-10)12(13,14)15/h3-8,18H,1-2H3/t8-/m0/s1. The van der Waals surface area contributed by atoms with E-state index < -0.39 is 27.8 Å². The van der Waals surface area contributed by atoms with Gasteiger partial charge < -0.3 is 4.57 Å². The summed E-state index contributed by atoms with van der Waals surface area (Å²) in [5, 5.41) is 7.41. The molecule has 0 spiro atoms. The molecule has 1 N–H and O–H groups in total. The molecular weight excluding hydrogens is 321 g/mol. The van der Waals surface area contributed by atoms with E-state index >= 15 is 0 Å². The molecule has 0 saturated heterocycles. The summed E-state index contributed by atoms with van der Waals surface area (Å²) in [4.78, 5) is -0.255. The number of aryl methyl sites for hydroxylation is 1. The predicted octanol–water partition coefficient (Wildman–Crippen LogP) is 1.87. The van der Waals surface area contributed by atoms with E-state index in [4.69, 9.17) is 0 Å². The quantitative estimate of drug-likeness (QED) is 0.926. The van der Waals surface area contributed by atoms with Gasteiger partial charge in [-0.15, -0.1) is 10.2 Å². The average molecular weight is 334 g/mol. The van der Waals surface area contributed by atoms with Gasteiger partial charge in [0, 0.05) is 7.05 Å². The molecule has 1 heterocycles. The van der Waals surface area contributed by atoms with Gasteiger partial charge in [-0.25, -0.2) is 13.1 Å². The maximum Gasteiger partial charge on any atom is 0.416 e. The zero-order chi connectivity index (χ0) is 16.5. The third kappa shape index (κ3) is 3.45. The third-order valence-electron chi connectivity index (χ3n) is 2.96. The summed E-state index contributed by atoms with van der Waals surface area (Å²) in [5.41, 5.74) is -0.909. The Labute approximate surface area is 125 Å². The monoisotopic (exact) mass is 334 g/mol. The fourth-order valence-electron chi connectivity index (χ4n) is 1.86. The number of hydrogen-bond donors (Lipinski definition) is 1. The Morgan fingerprint density at radius 1 is 1.23 bits per heavy atom. The second kappa shape index (κ2) is 5.69. The molecule has 2 aromatic rings. The summed E-state index contributed by atoms with van der Waals surface area (Å²) in [5.74, 6) is 0.385. The smallest absolute Gasteiger partial charge is 0.319 e. The van der Waals surface area contributed by atoms with Gasteiger partial charge in [-0.2, -0.15) is 13.2 Å². The Morgan fingerprint density at radius 2 is 1.82 bits per heavy atom. The van der Waals surface area contributed by atoms with Crippen LogP contribution in [-0.2, 0) is 23.2 Å². The molecule has 0 aliphatic rings. The van der Waals surface area contributed by atoms with E-state index in [0.29, 0.717) is 5.82 Å². The van der Waals surface area contributed by atoms with Gasteiger partial charge in [0.25, 0.3) is 0 Å². The molecular formula is C12H13F3N4O2S. The van der Waals surface area contributed by atoms with Crippen LogP contribution in [0.1, 0.15) is 24.4 Å². The largest absolute Gasteiger partial charge is 0.416 e. The number of halogens is 3. The number of nitrogens with zero attached hydrogens (tertiary/aromatic N) is 3. The van der Waals surface area contributed by atoms with E-state index in [1.165, 1.54) is 6.33 Å². The maximum atomic E-state index is 12.5. The van der Waals surface area contributed by atoms with Crippen LogP contribution in [0.15, 0.2) is 35.5 Å². The summed E-state index contributed by atoms with van der Waals surface area (Å²) < 4.78 is 65.6. The number of benzene rings is 1. The fraction of sp³-hybridized carbons (Fsp3) is 0.333. The van der Waals surface area contributed by atoms with Gasteiger partial charge in [0.2, 0.25) is 10.0 Å². The van der Waals surface area contributed by atoms with Crippen LogP contribution in [0.3, 0.4) is 0 Å². The zero-order valence-corrected chi connectivity index (χ0v) is 12.5. The lowest BCUT2D eigenvalue weighted by Crippen LogP contribution is -2.28. The molecule has 6 nitrogen and oxygen atoms in total. The average Bonchev–Trinajstić information content (AvgIpc) is 2.84. The fourth-order valence-corrected chi connectivity index (χ4v) is 3.06. The number of nitrogens with one attached hydrogen (secondary N) is 1. The summed E-state index contributed by atoms with van der Waals surface area (Å²) in [7, 11) is -2.31. The van der Waals surface area contributed by atoms with Crippen LogP contribution < -0.4 is 4.72 Å². The number of aromatic nitrogens is 3. The first-order chi connectivity index (χ1) is 10.1. The lowest BCUT2D eigenvalue weighted by atomic mass is 10.2. The molecule has 0 aliphatic heterocycles. The highest BCUT2D eigenvalue weighted by molar-refractivity contribution is 7.89. The molecule has 120 valence electrons. The SMILES string of the molecule is C[C@H](NS(=O)(=O)c1ccc(C(F)(F)F)cc1)c1nncn1C. The predicted molar refractivity (Wildman–Crippen MR) is 71.2 cm³/mol. The van der Waals surface area contributed by atoms with Crippen LogP contribution in [0.25, 0.3) is 0 Å². The highest BCUT2D eigenvalue weighted by Crippen LogP contribution is 2.29. The number of rotatable bonds is 4. The second-order valence-corrected chi connectivity index (χ2v) is 6.38. The number of alkyl halides is 3.